The van der Waals surface area contributed by atoms with Crippen molar-refractivity contribution in [1.29, 1.82) is 0 Å². The van der Waals surface area contributed by atoms with E-state index in [1.165, 1.54) is 31.5 Å². The number of H-pyrrole nitrogens is 1. The second-order valence-corrected chi connectivity index (χ2v) is 9.25. The molecule has 1 aromatic heterocycles. The number of nitrogens with two attached hydrogens (primary N) is 1. The summed E-state index contributed by atoms with van der Waals surface area (Å²) in [6, 6.07) is 20.3. The summed E-state index contributed by atoms with van der Waals surface area (Å²) in [5.74, 6) is -0.111. The SMILES string of the molecule is Nc1cccc(C(=O)c2ccc3c(C=Nc4ccc(CNCCN5CCCC5)cc4)c(O)[nH]c3c2)c1. The summed E-state index contributed by atoms with van der Waals surface area (Å²) in [6.45, 7) is 5.38. The molecule has 1 aliphatic heterocycles. The third-order valence-electron chi connectivity index (χ3n) is 6.64. The maximum absolute atomic E-state index is 12.9. The molecule has 5 N–H and O–H groups in total. The summed E-state index contributed by atoms with van der Waals surface area (Å²) < 4.78 is 0. The van der Waals surface area contributed by atoms with E-state index in [2.05, 4.69) is 32.3 Å². The molecule has 7 heteroatoms. The van der Waals surface area contributed by atoms with Crippen molar-refractivity contribution in [1.82, 2.24) is 15.2 Å². The minimum absolute atomic E-state index is 0.0149. The molecule has 0 atom stereocenters. The van der Waals surface area contributed by atoms with Gasteiger partial charge in [0.2, 0.25) is 0 Å². The fourth-order valence-electron chi connectivity index (χ4n) is 4.64. The van der Waals surface area contributed by atoms with E-state index in [1.807, 2.05) is 18.2 Å². The minimum atomic E-state index is -0.126. The van der Waals surface area contributed by atoms with Crippen LogP contribution in [0.5, 0.6) is 5.88 Å². The maximum Gasteiger partial charge on any atom is 0.198 e. The summed E-state index contributed by atoms with van der Waals surface area (Å²) in [5, 5.41) is 14.8. The molecule has 5 rings (SSSR count). The Morgan fingerprint density at radius 2 is 1.83 bits per heavy atom. The van der Waals surface area contributed by atoms with E-state index in [9.17, 15) is 9.90 Å². The summed E-state index contributed by atoms with van der Waals surface area (Å²) in [5.41, 5.74) is 10.7. The minimum Gasteiger partial charge on any atom is -0.494 e. The van der Waals surface area contributed by atoms with Gasteiger partial charge in [0.15, 0.2) is 11.7 Å². The molecule has 0 unspecified atom stereocenters. The lowest BCUT2D eigenvalue weighted by Gasteiger charge is -2.14. The zero-order chi connectivity index (χ0) is 24.9. The summed E-state index contributed by atoms with van der Waals surface area (Å²) in [4.78, 5) is 22.9. The van der Waals surface area contributed by atoms with Crippen LogP contribution in [0, 0.1) is 0 Å². The van der Waals surface area contributed by atoms with Gasteiger partial charge >= 0.3 is 0 Å². The molecule has 7 nitrogen and oxygen atoms in total. The zero-order valence-corrected chi connectivity index (χ0v) is 20.2. The van der Waals surface area contributed by atoms with Crippen LogP contribution in [0.3, 0.4) is 0 Å². The van der Waals surface area contributed by atoms with E-state index < -0.39 is 0 Å². The van der Waals surface area contributed by atoms with Crippen LogP contribution in [-0.2, 0) is 6.54 Å². The van der Waals surface area contributed by atoms with Crippen LogP contribution < -0.4 is 11.1 Å². The van der Waals surface area contributed by atoms with Gasteiger partial charge in [-0.15, -0.1) is 0 Å². The number of aliphatic imine (C=N–C) groups is 1. The number of carbonyl (C=O) groups excluding carboxylic acids is 1. The molecule has 0 aliphatic carbocycles. The first-order valence-corrected chi connectivity index (χ1v) is 12.4. The molecule has 1 fully saturated rings. The number of hydrogen-bond acceptors (Lipinski definition) is 6. The van der Waals surface area contributed by atoms with E-state index >= 15 is 0 Å². The molecule has 4 aromatic rings. The molecule has 0 radical (unpaired) electrons. The third-order valence-corrected chi connectivity index (χ3v) is 6.64. The van der Waals surface area contributed by atoms with Crippen LogP contribution in [0.25, 0.3) is 10.9 Å². The third kappa shape index (κ3) is 5.48. The molecule has 3 aromatic carbocycles. The molecular weight excluding hydrogens is 450 g/mol. The molecule has 0 bridgehead atoms. The highest BCUT2D eigenvalue weighted by atomic mass is 16.3. The second-order valence-electron chi connectivity index (χ2n) is 9.25. The first kappa shape index (κ1) is 23.8. The second kappa shape index (κ2) is 10.8. The Morgan fingerprint density at radius 3 is 2.61 bits per heavy atom. The van der Waals surface area contributed by atoms with Gasteiger partial charge in [0.05, 0.1) is 11.3 Å². The van der Waals surface area contributed by atoms with Crippen LogP contribution >= 0.6 is 0 Å². The Morgan fingerprint density at radius 1 is 1.06 bits per heavy atom. The summed E-state index contributed by atoms with van der Waals surface area (Å²) >= 11 is 0. The lowest BCUT2D eigenvalue weighted by molar-refractivity contribution is 0.103. The average Bonchev–Trinajstić information content (AvgIpc) is 3.52. The highest BCUT2D eigenvalue weighted by Gasteiger charge is 2.14. The van der Waals surface area contributed by atoms with Gasteiger partial charge in [0.25, 0.3) is 0 Å². The number of likely N-dealkylation sites (tertiary alicyclic amines) is 1. The number of anilines is 1. The van der Waals surface area contributed by atoms with Crippen molar-refractivity contribution >= 4 is 34.3 Å². The summed E-state index contributed by atoms with van der Waals surface area (Å²) in [6.07, 6.45) is 4.29. The number of carbonyl (C=O) groups is 1. The predicted molar refractivity (Wildman–Crippen MR) is 145 cm³/mol. The monoisotopic (exact) mass is 481 g/mol. The van der Waals surface area contributed by atoms with Crippen molar-refractivity contribution in [2.75, 3.05) is 31.9 Å². The Hall–Kier alpha value is -3.94. The summed E-state index contributed by atoms with van der Waals surface area (Å²) in [7, 11) is 0. The first-order valence-electron chi connectivity index (χ1n) is 12.4. The van der Waals surface area contributed by atoms with Crippen molar-refractivity contribution < 1.29 is 9.90 Å². The number of nitrogen functional groups attached to an aromatic ring is 1. The maximum atomic E-state index is 12.9. The van der Waals surface area contributed by atoms with Gasteiger partial charge in [-0.05, 0) is 61.8 Å². The van der Waals surface area contributed by atoms with Crippen LogP contribution in [0.1, 0.15) is 39.9 Å². The van der Waals surface area contributed by atoms with Gasteiger partial charge < -0.3 is 26.0 Å². The smallest absolute Gasteiger partial charge is 0.198 e. The number of nitrogens with zero attached hydrogens (tertiary/aromatic N) is 2. The van der Waals surface area contributed by atoms with Crippen molar-refractivity contribution in [3.05, 3.63) is 89.0 Å². The topological polar surface area (TPSA) is 107 Å². The highest BCUT2D eigenvalue weighted by molar-refractivity contribution is 6.12. The molecule has 1 aliphatic rings. The van der Waals surface area contributed by atoms with Gasteiger partial charge in [-0.1, -0.05) is 36.4 Å². The quantitative estimate of drug-likeness (QED) is 0.121. The number of benzene rings is 3. The standard InChI is InChI=1S/C29H31N5O2/c30-23-5-3-4-21(16-23)28(35)22-8-11-25-26(29(36)33-27(25)17-22)19-32-24-9-6-20(7-10-24)18-31-12-15-34-13-1-2-14-34/h3-11,16-17,19,31,33,36H,1-2,12-15,18,30H2. The number of nitrogens with one attached hydrogen (secondary N) is 2. The van der Waals surface area contributed by atoms with Crippen molar-refractivity contribution in [3.8, 4) is 5.88 Å². The Labute approximate surface area is 210 Å². The fourth-order valence-corrected chi connectivity index (χ4v) is 4.64. The number of rotatable bonds is 9. The van der Waals surface area contributed by atoms with Gasteiger partial charge in [-0.3, -0.25) is 9.79 Å². The fraction of sp³-hybridized carbons (Fsp3) is 0.241. The number of aromatic hydroxyl groups is 1. The molecule has 36 heavy (non-hydrogen) atoms. The van der Waals surface area contributed by atoms with Gasteiger partial charge in [-0.2, -0.15) is 0 Å². The lowest BCUT2D eigenvalue weighted by atomic mass is 10.0. The van der Waals surface area contributed by atoms with Gasteiger partial charge in [-0.25, -0.2) is 0 Å². The molecule has 0 saturated carbocycles. The molecule has 1 saturated heterocycles. The van der Waals surface area contributed by atoms with Crippen LogP contribution in [0.15, 0.2) is 71.7 Å². The number of aromatic amines is 1. The van der Waals surface area contributed by atoms with E-state index in [0.717, 1.165) is 30.7 Å². The van der Waals surface area contributed by atoms with Crippen LogP contribution in [0.2, 0.25) is 0 Å². The molecule has 0 spiro atoms. The largest absolute Gasteiger partial charge is 0.494 e. The molecular formula is C29H31N5O2. The zero-order valence-electron chi connectivity index (χ0n) is 20.2. The van der Waals surface area contributed by atoms with Crippen molar-refractivity contribution in [2.45, 2.75) is 19.4 Å². The lowest BCUT2D eigenvalue weighted by Crippen LogP contribution is -2.29. The van der Waals surface area contributed by atoms with Crippen molar-refractivity contribution in [3.63, 3.8) is 0 Å². The molecule has 2 heterocycles. The van der Waals surface area contributed by atoms with E-state index in [1.54, 1.807) is 42.6 Å². The average molecular weight is 482 g/mol. The number of ketones is 1. The number of fused-ring (bicyclic) bond motifs is 1. The molecule has 184 valence electrons. The number of hydrogen-bond donors (Lipinski definition) is 4. The van der Waals surface area contributed by atoms with Crippen LogP contribution in [0.4, 0.5) is 11.4 Å². The van der Waals surface area contributed by atoms with E-state index in [4.69, 9.17) is 5.73 Å². The normalized spacial score (nSPS) is 14.2. The predicted octanol–water partition coefficient (Wildman–Crippen LogP) is 4.62. The Kier molecular flexibility index (Phi) is 7.11. The van der Waals surface area contributed by atoms with Crippen molar-refractivity contribution in [2.24, 2.45) is 4.99 Å². The Bertz CT molecular complexity index is 1380. The number of aromatic nitrogens is 1. The first-order chi connectivity index (χ1) is 17.6. The van der Waals surface area contributed by atoms with Crippen LogP contribution in [-0.4, -0.2) is 53.2 Å². The Balaban J connectivity index is 1.24. The highest BCUT2D eigenvalue weighted by Crippen LogP contribution is 2.28. The molecule has 0 amide bonds. The van der Waals surface area contributed by atoms with E-state index in [0.29, 0.717) is 27.9 Å². The van der Waals surface area contributed by atoms with Gasteiger partial charge in [0, 0.05) is 53.6 Å². The van der Waals surface area contributed by atoms with E-state index in [-0.39, 0.29) is 11.7 Å². The van der Waals surface area contributed by atoms with Gasteiger partial charge in [0.1, 0.15) is 0 Å².